The largest absolute Gasteiger partial charge is 0.497 e. The third-order valence-electron chi connectivity index (χ3n) is 8.04. The van der Waals surface area contributed by atoms with Crippen molar-refractivity contribution in [3.63, 3.8) is 0 Å². The van der Waals surface area contributed by atoms with Crippen LogP contribution in [0.4, 0.5) is 5.69 Å². The number of hydrogen-bond donors (Lipinski definition) is 1. The molecule has 8 nitrogen and oxygen atoms in total. The van der Waals surface area contributed by atoms with E-state index in [1.165, 1.54) is 10.7 Å². The minimum Gasteiger partial charge on any atom is -0.497 e. The van der Waals surface area contributed by atoms with Gasteiger partial charge in [0.1, 0.15) is 11.8 Å². The number of carbonyl (C=O) groups excluding carboxylic acids is 2. The second-order valence-electron chi connectivity index (χ2n) is 10.7. The molecule has 0 spiro atoms. The van der Waals surface area contributed by atoms with Crippen LogP contribution in [0.3, 0.4) is 0 Å². The van der Waals surface area contributed by atoms with E-state index in [-0.39, 0.29) is 37.4 Å². The molecule has 212 valence electrons. The molecule has 5 rings (SSSR count). The highest BCUT2D eigenvalue weighted by atomic mass is 32.2. The van der Waals surface area contributed by atoms with Crippen molar-refractivity contribution in [1.29, 1.82) is 0 Å². The molecular formula is C31H37N3O5S. The highest BCUT2D eigenvalue weighted by Gasteiger charge is 2.35. The summed E-state index contributed by atoms with van der Waals surface area (Å²) in [6.45, 7) is 2.19. The van der Waals surface area contributed by atoms with Crippen LogP contribution in [0, 0.1) is 0 Å². The lowest BCUT2D eigenvalue weighted by molar-refractivity contribution is -0.141. The maximum atomic E-state index is 13.6. The summed E-state index contributed by atoms with van der Waals surface area (Å²) < 4.78 is 33.4. The fourth-order valence-corrected chi connectivity index (χ4v) is 7.58. The van der Waals surface area contributed by atoms with Gasteiger partial charge >= 0.3 is 0 Å². The molecule has 2 amide bonds. The van der Waals surface area contributed by atoms with Crippen molar-refractivity contribution in [3.8, 4) is 5.75 Å². The van der Waals surface area contributed by atoms with E-state index in [1.54, 1.807) is 31.1 Å². The summed E-state index contributed by atoms with van der Waals surface area (Å²) in [6.07, 6.45) is 5.75. The van der Waals surface area contributed by atoms with E-state index >= 15 is 0 Å². The quantitative estimate of drug-likeness (QED) is 0.374. The average molecular weight is 564 g/mol. The average Bonchev–Trinajstić information content (AvgIpc) is 3.19. The normalized spacial score (nSPS) is 17.0. The number of nitrogens with zero attached hydrogens (tertiary/aromatic N) is 2. The van der Waals surface area contributed by atoms with Crippen LogP contribution in [0.1, 0.15) is 57.4 Å². The number of carbonyl (C=O) groups is 2. The van der Waals surface area contributed by atoms with Crippen molar-refractivity contribution in [2.75, 3.05) is 18.0 Å². The van der Waals surface area contributed by atoms with Crippen LogP contribution in [0.15, 0.2) is 65.6 Å². The van der Waals surface area contributed by atoms with Gasteiger partial charge < -0.3 is 15.0 Å². The Bertz CT molecular complexity index is 1490. The molecule has 0 aromatic heterocycles. The van der Waals surface area contributed by atoms with Crippen LogP contribution in [0.2, 0.25) is 0 Å². The predicted octanol–water partition coefficient (Wildman–Crippen LogP) is 5.00. The molecule has 1 unspecified atom stereocenters. The van der Waals surface area contributed by atoms with Gasteiger partial charge in [-0.15, -0.1) is 0 Å². The fraction of sp³-hybridized carbons (Fsp3) is 0.419. The van der Waals surface area contributed by atoms with Gasteiger partial charge in [-0.05, 0) is 61.4 Å². The Labute approximate surface area is 236 Å². The minimum absolute atomic E-state index is 0.114. The van der Waals surface area contributed by atoms with E-state index in [0.29, 0.717) is 22.8 Å². The maximum absolute atomic E-state index is 13.6. The summed E-state index contributed by atoms with van der Waals surface area (Å²) in [6, 6.07) is 17.8. The molecule has 2 aliphatic rings. The number of amides is 2. The molecule has 1 fully saturated rings. The van der Waals surface area contributed by atoms with Crippen molar-refractivity contribution in [1.82, 2.24) is 10.2 Å². The lowest BCUT2D eigenvalue weighted by atomic mass is 9.95. The first-order valence-corrected chi connectivity index (χ1v) is 15.5. The third-order valence-corrected chi connectivity index (χ3v) is 9.89. The van der Waals surface area contributed by atoms with Gasteiger partial charge in [-0.1, -0.05) is 55.7 Å². The Morgan fingerprint density at radius 2 is 1.77 bits per heavy atom. The molecule has 3 aromatic carbocycles. The number of sulfonamides is 1. The molecule has 0 bridgehead atoms. The van der Waals surface area contributed by atoms with Crippen molar-refractivity contribution >= 4 is 38.3 Å². The fourth-order valence-electron chi connectivity index (χ4n) is 5.84. The molecule has 40 heavy (non-hydrogen) atoms. The molecule has 0 saturated heterocycles. The Kier molecular flexibility index (Phi) is 8.30. The Morgan fingerprint density at radius 3 is 2.52 bits per heavy atom. The molecule has 1 atom stereocenters. The monoisotopic (exact) mass is 563 g/mol. The highest BCUT2D eigenvalue weighted by molar-refractivity contribution is 7.93. The maximum Gasteiger partial charge on any atom is 0.265 e. The molecule has 1 aliphatic carbocycles. The van der Waals surface area contributed by atoms with Gasteiger partial charge in [0.15, 0.2) is 0 Å². The van der Waals surface area contributed by atoms with Gasteiger partial charge in [0.2, 0.25) is 11.8 Å². The third kappa shape index (κ3) is 5.66. The molecule has 1 heterocycles. The van der Waals surface area contributed by atoms with Crippen LogP contribution < -0.4 is 14.4 Å². The number of ether oxygens (including phenoxy) is 1. The van der Waals surface area contributed by atoms with Crippen molar-refractivity contribution in [3.05, 3.63) is 66.2 Å². The minimum atomic E-state index is -3.69. The molecule has 9 heteroatoms. The van der Waals surface area contributed by atoms with Gasteiger partial charge in [-0.2, -0.15) is 0 Å². The first kappa shape index (κ1) is 28.0. The Hall–Kier alpha value is -3.59. The second-order valence-corrected chi connectivity index (χ2v) is 12.5. The summed E-state index contributed by atoms with van der Waals surface area (Å²) in [4.78, 5) is 28.8. The van der Waals surface area contributed by atoms with Crippen LogP contribution in [-0.2, 0) is 26.2 Å². The van der Waals surface area contributed by atoms with Crippen LogP contribution >= 0.6 is 0 Å². The van der Waals surface area contributed by atoms with E-state index in [0.717, 1.165) is 42.0 Å². The van der Waals surface area contributed by atoms with Gasteiger partial charge in [0.05, 0.1) is 17.7 Å². The smallest absolute Gasteiger partial charge is 0.265 e. The first-order valence-electron chi connectivity index (χ1n) is 14.1. The first-order chi connectivity index (χ1) is 19.3. The molecular weight excluding hydrogens is 526 g/mol. The predicted molar refractivity (Wildman–Crippen MR) is 156 cm³/mol. The lowest BCUT2D eigenvalue weighted by Gasteiger charge is -2.31. The van der Waals surface area contributed by atoms with Crippen molar-refractivity contribution < 1.29 is 22.7 Å². The molecule has 0 radical (unpaired) electrons. The number of methoxy groups -OCH3 is 1. The SMILES string of the molecule is COc1cccc(CN(C(=O)CCCN2c3cccc4cccc(c34)S2(=O)=O)C(C)C(=O)NC2CCCCC2)c1. The van der Waals surface area contributed by atoms with E-state index in [2.05, 4.69) is 5.32 Å². The standard InChI is InChI=1S/C31H37N3O5S/c1-22(31(36)32-25-13-4-3-5-14-25)33(21-23-10-6-15-26(20-23)39-2)29(35)18-9-19-34-27-16-7-11-24-12-8-17-28(30(24)27)40(34,37)38/h6-8,10-12,15-17,20,22,25H,3-5,9,13-14,18-19,21H2,1-2H3,(H,32,36). The van der Waals surface area contributed by atoms with Gasteiger partial charge in [0.25, 0.3) is 10.0 Å². The van der Waals surface area contributed by atoms with Crippen molar-refractivity contribution in [2.24, 2.45) is 0 Å². The van der Waals surface area contributed by atoms with E-state index in [9.17, 15) is 18.0 Å². The topological polar surface area (TPSA) is 96.0 Å². The molecule has 1 aliphatic heterocycles. The summed E-state index contributed by atoms with van der Waals surface area (Å²) in [5.74, 6) is 0.325. The summed E-state index contributed by atoms with van der Waals surface area (Å²) >= 11 is 0. The second kappa shape index (κ2) is 11.9. The number of nitrogens with one attached hydrogen (secondary N) is 1. The van der Waals surface area contributed by atoms with Crippen LogP contribution in [0.5, 0.6) is 5.75 Å². The van der Waals surface area contributed by atoms with Gasteiger partial charge in [-0.3, -0.25) is 13.9 Å². The van der Waals surface area contributed by atoms with Gasteiger partial charge in [-0.25, -0.2) is 8.42 Å². The molecule has 3 aromatic rings. The number of rotatable bonds is 10. The summed E-state index contributed by atoms with van der Waals surface area (Å²) in [5.41, 5.74) is 1.50. The van der Waals surface area contributed by atoms with Crippen LogP contribution in [0.25, 0.3) is 10.8 Å². The number of hydrogen-bond acceptors (Lipinski definition) is 5. The zero-order valence-electron chi connectivity index (χ0n) is 23.1. The van der Waals surface area contributed by atoms with Crippen LogP contribution in [-0.4, -0.2) is 50.9 Å². The molecule has 1 saturated carbocycles. The summed E-state index contributed by atoms with van der Waals surface area (Å²) in [5, 5.41) is 4.75. The number of anilines is 1. The summed E-state index contributed by atoms with van der Waals surface area (Å²) in [7, 11) is -2.10. The molecule has 1 N–H and O–H groups in total. The Balaban J connectivity index is 1.30. The van der Waals surface area contributed by atoms with Crippen molar-refractivity contribution in [2.45, 2.75) is 75.4 Å². The van der Waals surface area contributed by atoms with Gasteiger partial charge in [0, 0.05) is 30.9 Å². The zero-order valence-corrected chi connectivity index (χ0v) is 24.0. The lowest BCUT2D eigenvalue weighted by Crippen LogP contribution is -2.50. The van der Waals surface area contributed by atoms with E-state index in [1.807, 2.05) is 48.5 Å². The van der Waals surface area contributed by atoms with E-state index < -0.39 is 16.1 Å². The highest BCUT2D eigenvalue weighted by Crippen LogP contribution is 2.42. The zero-order chi connectivity index (χ0) is 28.3. The van der Waals surface area contributed by atoms with E-state index in [4.69, 9.17) is 4.74 Å². The number of benzene rings is 3. The Morgan fingerprint density at radius 1 is 1.05 bits per heavy atom.